The van der Waals surface area contributed by atoms with Gasteiger partial charge in [0.25, 0.3) is 0 Å². The monoisotopic (exact) mass is 1590 g/mol. The molecule has 0 aromatic rings. The van der Waals surface area contributed by atoms with Crippen LogP contribution in [0.15, 0.2) is 140 Å². The highest BCUT2D eigenvalue weighted by Gasteiger charge is 2.30. The van der Waals surface area contributed by atoms with E-state index in [0.29, 0.717) is 178 Å². The zero-order valence-corrected chi connectivity index (χ0v) is 66.0. The van der Waals surface area contributed by atoms with Crippen LogP contribution in [0.2, 0.25) is 0 Å². The molecule has 0 rings (SSSR count). The molecule has 3 atom stereocenters. The van der Waals surface area contributed by atoms with E-state index in [0.717, 1.165) is 6.42 Å². The summed E-state index contributed by atoms with van der Waals surface area (Å²) in [6.45, 7) is 58.2. The molecule has 10 N–H and O–H groups in total. The van der Waals surface area contributed by atoms with Crippen LogP contribution in [0.3, 0.4) is 0 Å². The second kappa shape index (κ2) is 88.7. The molecule has 36 nitrogen and oxygen atoms in total. The number of hydrogen-bond donors (Lipinski definition) is 10. The molecule has 0 saturated carbocycles. The molecule has 0 radical (unpaired) electrons. The van der Waals surface area contributed by atoms with E-state index in [1.807, 2.05) is 27.7 Å². The Hall–Kier alpha value is -9.56. The number of hydrogen-bond acceptors (Lipinski definition) is 26. The van der Waals surface area contributed by atoms with E-state index in [9.17, 15) is 47.9 Å². The minimum absolute atomic E-state index is 0.109. The molecule has 3 unspecified atom stereocenters. The fourth-order valence-electron chi connectivity index (χ4n) is 6.83. The first kappa shape index (κ1) is 113. The van der Waals surface area contributed by atoms with Gasteiger partial charge in [0.05, 0.1) is 164 Å². The Bertz CT molecular complexity index is 2540. The predicted octanol–water partition coefficient (Wildman–Crippen LogP) is 0.0535. The molecule has 0 spiro atoms. The molecular weight excluding hydrogens is 1470 g/mol. The minimum atomic E-state index is -0.409. The highest BCUT2D eigenvalue weighted by atomic mass is 16.6. The maximum absolute atomic E-state index is 11.2. The largest absolute Gasteiger partial charge is 0.379 e. The maximum atomic E-state index is 11.2. The summed E-state index contributed by atoms with van der Waals surface area (Å²) in [5, 5.41) is 26.0. The van der Waals surface area contributed by atoms with E-state index in [2.05, 4.69) is 132 Å². The third-order valence-corrected chi connectivity index (χ3v) is 12.7. The highest BCUT2D eigenvalue weighted by molar-refractivity contribution is 5.90. The third-order valence-electron chi connectivity index (χ3n) is 12.7. The summed E-state index contributed by atoms with van der Waals surface area (Å²) in [6.07, 6.45) is 11.9. The van der Waals surface area contributed by atoms with Crippen molar-refractivity contribution in [1.82, 2.24) is 53.2 Å². The van der Waals surface area contributed by atoms with Crippen LogP contribution in [-0.2, 0) is 124 Å². The summed E-state index contributed by atoms with van der Waals surface area (Å²) in [7, 11) is 0. The lowest BCUT2D eigenvalue weighted by Gasteiger charge is -2.32. The van der Waals surface area contributed by atoms with Crippen molar-refractivity contribution in [2.24, 2.45) is 5.41 Å². The van der Waals surface area contributed by atoms with E-state index in [1.165, 1.54) is 72.6 Å². The topological polar surface area (TPSA) is 454 Å². The quantitative estimate of drug-likeness (QED) is 0.0166. The van der Waals surface area contributed by atoms with E-state index in [1.54, 1.807) is 0 Å². The fourth-order valence-corrected chi connectivity index (χ4v) is 6.83. The van der Waals surface area contributed by atoms with Crippen molar-refractivity contribution in [1.29, 1.82) is 0 Å². The average Bonchev–Trinajstić information content (AvgIpc) is 0.877. The molecule has 0 fully saturated rings. The van der Waals surface area contributed by atoms with Gasteiger partial charge < -0.3 is 119 Å². The molecule has 0 aromatic carbocycles. The minimum Gasteiger partial charge on any atom is -0.379 e. The van der Waals surface area contributed by atoms with Gasteiger partial charge in [0.2, 0.25) is 59.1 Å². The Balaban J connectivity index is -0.000000327. The average molecular weight is 1600 g/mol. The molecule has 0 saturated heterocycles. The number of ether oxygens (including phenoxy) is 14. The summed E-state index contributed by atoms with van der Waals surface area (Å²) in [6, 6.07) is 0. The first-order valence-corrected chi connectivity index (χ1v) is 35.4. The summed E-state index contributed by atoms with van der Waals surface area (Å²) in [5.74, 6) is -0.0663. The van der Waals surface area contributed by atoms with Crippen molar-refractivity contribution in [2.75, 3.05) is 211 Å². The molecule has 36 heteroatoms. The van der Waals surface area contributed by atoms with Crippen LogP contribution in [0.4, 0.5) is 0 Å². The molecule has 112 heavy (non-hydrogen) atoms. The van der Waals surface area contributed by atoms with E-state index in [4.69, 9.17) is 75.9 Å². The van der Waals surface area contributed by atoms with Gasteiger partial charge in [-0.25, -0.2) is 9.59 Å². The molecule has 0 heterocycles. The lowest BCUT2D eigenvalue weighted by atomic mass is 9.88. The van der Waals surface area contributed by atoms with Crippen molar-refractivity contribution in [3.63, 3.8) is 0 Å². The van der Waals surface area contributed by atoms with Gasteiger partial charge in [0.15, 0.2) is 0 Å². The highest BCUT2D eigenvalue weighted by Crippen LogP contribution is 2.24. The molecule has 0 aliphatic carbocycles. The SMILES string of the molecule is C=C=O.C=C=O.C=CC(=O)NCCOCC(CC)(COCCNC(=O)C=C)COCCNC(=O)C=C.C=CC(=O)NCCOCC(COCCNC(=O)C=C)OCCNC(=O)C=C.C=CC(=O)NCCOCCOCCOCCOCCNC(=O)C=C.C=CC(=O)NCOC(C)COCC(C)OCC(C)OCNC(=O)C=C. The second-order valence-corrected chi connectivity index (χ2v) is 21.8. The number of amides is 10. The van der Waals surface area contributed by atoms with Crippen molar-refractivity contribution in [3.8, 4) is 0 Å². The third kappa shape index (κ3) is 89.3. The van der Waals surface area contributed by atoms with Crippen molar-refractivity contribution >= 4 is 71.0 Å². The van der Waals surface area contributed by atoms with Crippen molar-refractivity contribution < 1.29 is 124 Å². The summed E-state index contributed by atoms with van der Waals surface area (Å²) in [5.41, 5.74) is -0.409. The van der Waals surface area contributed by atoms with Crippen LogP contribution < -0.4 is 53.2 Å². The zero-order valence-electron chi connectivity index (χ0n) is 66.0. The number of carbonyl (C=O) groups excluding carboxylic acids is 12. The van der Waals surface area contributed by atoms with E-state index >= 15 is 0 Å². The lowest BCUT2D eigenvalue weighted by molar-refractivity contribution is -0.121. The molecular formula is C76H126N10O26. The molecule has 0 aliphatic heterocycles. The summed E-state index contributed by atoms with van der Waals surface area (Å²) < 4.78 is 76.8. The van der Waals surface area contributed by atoms with Gasteiger partial charge in [0.1, 0.15) is 31.4 Å². The van der Waals surface area contributed by atoms with Crippen LogP contribution in [0.25, 0.3) is 0 Å². The lowest BCUT2D eigenvalue weighted by Crippen LogP contribution is -2.39. The van der Waals surface area contributed by atoms with Crippen LogP contribution in [0.5, 0.6) is 0 Å². The first-order chi connectivity index (χ1) is 53.9. The predicted molar refractivity (Wildman–Crippen MR) is 422 cm³/mol. The Labute approximate surface area is 660 Å². The Morgan fingerprint density at radius 2 is 0.500 bits per heavy atom. The van der Waals surface area contributed by atoms with Gasteiger partial charge in [-0.1, -0.05) is 72.7 Å². The first-order valence-electron chi connectivity index (χ1n) is 35.4. The number of rotatable bonds is 68. The standard InChI is InChI=1S/C21H35N3O6.C18H29N3O6.C17H30N2O6.C16H28N2O6.2C2H2O/c1-5-18(25)22-9-12-28-15-21(8-4,16-29-13-10-23-19(26)6-2)17-30-14-11-24-20(27)7-3;1-4-16(22)19-7-10-25-13-15(27-12-9-21-18(24)6-3)14-26-11-8-20-17(23)5-2;1-6-16(20)18-11-24-14(4)9-22-8-13(3)23-10-15(5)25-12-19-17(21)7-2;1-3-15(19)17-5-7-21-9-11-23-13-14-24-12-10-22-8-6-18-16(20)4-2;2*1-2-3/h5-7H,1-3,8-17H2,4H3,(H,22,25)(H,23,26)(H,24,27);4-6,15H,1-3,7-14H2,(H,19,22)(H,20,23)(H,21,24);6-7,13-15H,1-2,8-12H2,3-5H3,(H,18,20)(H,19,21);3-4H,1-2,5-14H2,(H,17,19)(H,18,20);2*1H2. The fraction of sp³-hybridized carbons (Fsp3) is 0.553. The van der Waals surface area contributed by atoms with Gasteiger partial charge in [-0.3, -0.25) is 47.9 Å². The van der Waals surface area contributed by atoms with Crippen LogP contribution in [0, 0.1) is 5.41 Å². The van der Waals surface area contributed by atoms with Crippen molar-refractivity contribution in [3.05, 3.63) is 140 Å². The zero-order chi connectivity index (χ0) is 85.4. The van der Waals surface area contributed by atoms with Crippen molar-refractivity contribution in [2.45, 2.75) is 58.5 Å². The Morgan fingerprint density at radius 1 is 0.286 bits per heavy atom. The smallest absolute Gasteiger partial charge is 0.245 e. The Kier molecular flexibility index (Phi) is 89.7. The molecule has 0 bridgehead atoms. The molecule has 636 valence electrons. The number of nitrogens with one attached hydrogen (secondary N) is 10. The summed E-state index contributed by atoms with van der Waals surface area (Å²) in [4.78, 5) is 127. The van der Waals surface area contributed by atoms with Gasteiger partial charge in [-0.15, -0.1) is 0 Å². The normalized spacial score (nSPS) is 10.8. The molecule has 0 aromatic heterocycles. The van der Waals surface area contributed by atoms with E-state index < -0.39 is 5.41 Å². The molecule has 10 amide bonds. The van der Waals surface area contributed by atoms with Gasteiger partial charge in [-0.2, -0.15) is 0 Å². The maximum Gasteiger partial charge on any atom is 0.245 e. The van der Waals surface area contributed by atoms with Crippen LogP contribution in [0.1, 0.15) is 34.1 Å². The van der Waals surface area contributed by atoms with Crippen LogP contribution in [-0.4, -0.2) is 307 Å². The molecule has 0 aliphatic rings. The Morgan fingerprint density at radius 3 is 0.759 bits per heavy atom. The summed E-state index contributed by atoms with van der Waals surface area (Å²) >= 11 is 0. The van der Waals surface area contributed by atoms with Crippen LogP contribution >= 0.6 is 0 Å². The van der Waals surface area contributed by atoms with Gasteiger partial charge in [-0.05, 0) is 101 Å². The second-order valence-electron chi connectivity index (χ2n) is 21.8. The number of carbonyl (C=O) groups is 10. The van der Waals surface area contributed by atoms with Gasteiger partial charge in [0, 0.05) is 57.8 Å². The van der Waals surface area contributed by atoms with E-state index in [-0.39, 0.29) is 117 Å². The van der Waals surface area contributed by atoms with Gasteiger partial charge >= 0.3 is 0 Å².